The smallest absolute Gasteiger partial charge is 0.308 e. The van der Waals surface area contributed by atoms with E-state index >= 15 is 0 Å². The number of nitrogens with one attached hydrogen (secondary N) is 1. The summed E-state index contributed by atoms with van der Waals surface area (Å²) in [6.45, 7) is 1.75. The number of guanidine groups is 1. The predicted molar refractivity (Wildman–Crippen MR) is 77.4 cm³/mol. The fourth-order valence-corrected chi connectivity index (χ4v) is 2.65. The number of methoxy groups -OCH3 is 1. The number of aliphatic imine (C=N–C) groups is 1. The molecule has 0 spiro atoms. The summed E-state index contributed by atoms with van der Waals surface area (Å²) in [5, 5.41) is 3.03. The highest BCUT2D eigenvalue weighted by molar-refractivity contribution is 7.90. The van der Waals surface area contributed by atoms with Crippen molar-refractivity contribution in [1.29, 1.82) is 0 Å². The zero-order valence-electron chi connectivity index (χ0n) is 12.3. The molecule has 1 saturated heterocycles. The van der Waals surface area contributed by atoms with Gasteiger partial charge in [0.15, 0.2) is 5.96 Å². The highest BCUT2D eigenvalue weighted by Gasteiger charge is 2.26. The lowest BCUT2D eigenvalue weighted by Crippen LogP contribution is -2.47. The number of nitrogens with zero attached hydrogens (tertiary/aromatic N) is 2. The second kappa shape index (κ2) is 7.47. The maximum absolute atomic E-state index is 11.4. The number of likely N-dealkylation sites (tertiary alicyclic amines) is 1. The standard InChI is InChI=1S/C12H23N3O4S/c1-13-12(14-6-9-20(3,17)18)15-7-4-10(5-8-15)11(16)19-2/h10H,4-9H2,1-3H3,(H,13,14). The first-order chi connectivity index (χ1) is 9.37. The number of hydrogen-bond donors (Lipinski definition) is 1. The van der Waals surface area contributed by atoms with E-state index in [-0.39, 0.29) is 17.6 Å². The summed E-state index contributed by atoms with van der Waals surface area (Å²) in [5.41, 5.74) is 0. The van der Waals surface area contributed by atoms with Crippen molar-refractivity contribution in [3.63, 3.8) is 0 Å². The number of carbonyl (C=O) groups excluding carboxylic acids is 1. The molecule has 7 nitrogen and oxygen atoms in total. The molecule has 0 radical (unpaired) electrons. The van der Waals surface area contributed by atoms with Gasteiger partial charge < -0.3 is 15.0 Å². The lowest BCUT2D eigenvalue weighted by Gasteiger charge is -2.33. The average molecular weight is 305 g/mol. The largest absolute Gasteiger partial charge is 0.469 e. The highest BCUT2D eigenvalue weighted by Crippen LogP contribution is 2.18. The molecule has 0 aromatic carbocycles. The third-order valence-corrected chi connectivity index (χ3v) is 4.24. The van der Waals surface area contributed by atoms with Crippen molar-refractivity contribution >= 4 is 21.8 Å². The van der Waals surface area contributed by atoms with Gasteiger partial charge in [0.05, 0.1) is 18.8 Å². The van der Waals surface area contributed by atoms with E-state index in [1.807, 2.05) is 4.90 Å². The summed E-state index contributed by atoms with van der Waals surface area (Å²) in [4.78, 5) is 17.6. The number of hydrogen-bond acceptors (Lipinski definition) is 5. The fourth-order valence-electron chi connectivity index (χ4n) is 2.17. The van der Waals surface area contributed by atoms with E-state index in [0.717, 1.165) is 12.8 Å². The molecule has 1 aliphatic heterocycles. The minimum atomic E-state index is -2.98. The normalized spacial score (nSPS) is 17.9. The molecule has 0 amide bonds. The van der Waals surface area contributed by atoms with Crippen molar-refractivity contribution in [2.75, 3.05) is 45.8 Å². The number of sulfone groups is 1. The van der Waals surface area contributed by atoms with Gasteiger partial charge in [-0.1, -0.05) is 0 Å². The van der Waals surface area contributed by atoms with Gasteiger partial charge in [-0.2, -0.15) is 0 Å². The van der Waals surface area contributed by atoms with Gasteiger partial charge in [0.25, 0.3) is 0 Å². The van der Waals surface area contributed by atoms with Gasteiger partial charge in [0, 0.05) is 32.9 Å². The number of rotatable bonds is 4. The summed E-state index contributed by atoms with van der Waals surface area (Å²) in [6.07, 6.45) is 2.65. The van der Waals surface area contributed by atoms with Crippen LogP contribution in [0.5, 0.6) is 0 Å². The van der Waals surface area contributed by atoms with Crippen molar-refractivity contribution < 1.29 is 17.9 Å². The van der Waals surface area contributed by atoms with Crippen molar-refractivity contribution in [2.24, 2.45) is 10.9 Å². The molecule has 20 heavy (non-hydrogen) atoms. The second-order valence-electron chi connectivity index (χ2n) is 4.89. The van der Waals surface area contributed by atoms with E-state index in [0.29, 0.717) is 25.6 Å². The van der Waals surface area contributed by atoms with E-state index in [2.05, 4.69) is 10.3 Å². The second-order valence-corrected chi connectivity index (χ2v) is 7.15. The van der Waals surface area contributed by atoms with Crippen LogP contribution in [0.2, 0.25) is 0 Å². The predicted octanol–water partition coefficient (Wildman–Crippen LogP) is -0.509. The van der Waals surface area contributed by atoms with E-state index in [1.165, 1.54) is 13.4 Å². The van der Waals surface area contributed by atoms with Gasteiger partial charge >= 0.3 is 5.97 Å². The Balaban J connectivity index is 2.43. The molecule has 0 aromatic heterocycles. The SMILES string of the molecule is CN=C(NCCS(C)(=O)=O)N1CCC(C(=O)OC)CC1. The number of ether oxygens (including phenoxy) is 1. The van der Waals surface area contributed by atoms with Crippen molar-refractivity contribution in [1.82, 2.24) is 10.2 Å². The first kappa shape index (κ1) is 16.7. The Labute approximate surface area is 120 Å². The van der Waals surface area contributed by atoms with Crippen molar-refractivity contribution in [3.05, 3.63) is 0 Å². The van der Waals surface area contributed by atoms with Gasteiger partial charge in [0.1, 0.15) is 9.84 Å². The van der Waals surface area contributed by atoms with Gasteiger partial charge in [0.2, 0.25) is 0 Å². The van der Waals surface area contributed by atoms with Gasteiger partial charge in [-0.05, 0) is 12.8 Å². The lowest BCUT2D eigenvalue weighted by atomic mass is 9.97. The Morgan fingerprint density at radius 2 is 2.00 bits per heavy atom. The molecule has 1 N–H and O–H groups in total. The minimum Gasteiger partial charge on any atom is -0.469 e. The molecule has 0 unspecified atom stereocenters. The number of esters is 1. The molecular formula is C12H23N3O4S. The Morgan fingerprint density at radius 3 is 2.45 bits per heavy atom. The Kier molecular flexibility index (Phi) is 6.25. The average Bonchev–Trinajstić information content (AvgIpc) is 2.42. The summed E-state index contributed by atoms with van der Waals surface area (Å²) >= 11 is 0. The molecule has 0 saturated carbocycles. The van der Waals surface area contributed by atoms with Crippen LogP contribution < -0.4 is 5.32 Å². The molecule has 0 aromatic rings. The van der Waals surface area contributed by atoms with Crippen LogP contribution in [0, 0.1) is 5.92 Å². The molecule has 8 heteroatoms. The van der Waals surface area contributed by atoms with E-state index in [9.17, 15) is 13.2 Å². The van der Waals surface area contributed by atoms with Gasteiger partial charge in [-0.3, -0.25) is 9.79 Å². The van der Waals surface area contributed by atoms with Gasteiger partial charge in [-0.25, -0.2) is 8.42 Å². The molecule has 1 rings (SSSR count). The zero-order valence-corrected chi connectivity index (χ0v) is 13.1. The minimum absolute atomic E-state index is 0.0506. The maximum atomic E-state index is 11.4. The topological polar surface area (TPSA) is 88.1 Å². The quantitative estimate of drug-likeness (QED) is 0.428. The van der Waals surface area contributed by atoms with Crippen LogP contribution in [0.4, 0.5) is 0 Å². The van der Waals surface area contributed by atoms with Crippen LogP contribution in [0.3, 0.4) is 0 Å². The summed E-state index contributed by atoms with van der Waals surface area (Å²) in [6, 6.07) is 0. The van der Waals surface area contributed by atoms with E-state index in [1.54, 1.807) is 7.05 Å². The zero-order chi connectivity index (χ0) is 15.2. The maximum Gasteiger partial charge on any atom is 0.308 e. The summed E-state index contributed by atoms with van der Waals surface area (Å²) in [5.74, 6) is 0.539. The van der Waals surface area contributed by atoms with Crippen LogP contribution in [0.15, 0.2) is 4.99 Å². The van der Waals surface area contributed by atoms with Crippen LogP contribution in [0.25, 0.3) is 0 Å². The molecule has 1 heterocycles. The van der Waals surface area contributed by atoms with Crippen LogP contribution in [0.1, 0.15) is 12.8 Å². The monoisotopic (exact) mass is 305 g/mol. The van der Waals surface area contributed by atoms with E-state index in [4.69, 9.17) is 4.74 Å². The molecule has 1 aliphatic rings. The molecule has 0 bridgehead atoms. The Hall–Kier alpha value is -1.31. The fraction of sp³-hybridized carbons (Fsp3) is 0.833. The molecular weight excluding hydrogens is 282 g/mol. The Bertz CT molecular complexity index is 453. The van der Waals surface area contributed by atoms with Crippen molar-refractivity contribution in [2.45, 2.75) is 12.8 Å². The van der Waals surface area contributed by atoms with Gasteiger partial charge in [-0.15, -0.1) is 0 Å². The third kappa shape index (κ3) is 5.36. The van der Waals surface area contributed by atoms with E-state index < -0.39 is 9.84 Å². The Morgan fingerprint density at radius 1 is 1.40 bits per heavy atom. The van der Waals surface area contributed by atoms with Crippen LogP contribution in [-0.2, 0) is 19.4 Å². The van der Waals surface area contributed by atoms with Crippen LogP contribution in [-0.4, -0.2) is 71.0 Å². The first-order valence-corrected chi connectivity index (χ1v) is 8.64. The third-order valence-electron chi connectivity index (χ3n) is 3.30. The summed E-state index contributed by atoms with van der Waals surface area (Å²) in [7, 11) is 0.0857. The lowest BCUT2D eigenvalue weighted by molar-refractivity contribution is -0.146. The number of carbonyl (C=O) groups is 1. The van der Waals surface area contributed by atoms with Crippen LogP contribution >= 0.6 is 0 Å². The molecule has 116 valence electrons. The first-order valence-electron chi connectivity index (χ1n) is 6.58. The number of piperidine rings is 1. The summed E-state index contributed by atoms with van der Waals surface area (Å²) < 4.78 is 26.9. The molecule has 0 aliphatic carbocycles. The molecule has 0 atom stereocenters. The molecule has 1 fully saturated rings. The van der Waals surface area contributed by atoms with Crippen molar-refractivity contribution in [3.8, 4) is 0 Å². The highest BCUT2D eigenvalue weighted by atomic mass is 32.2.